The number of rotatable bonds is 9. The summed E-state index contributed by atoms with van der Waals surface area (Å²) in [6, 6.07) is 15.3. The number of carbonyl (C=O) groups is 1. The molecule has 3 aromatic rings. The molecule has 178 valence electrons. The van der Waals surface area contributed by atoms with Crippen molar-refractivity contribution >= 4 is 40.2 Å². The number of nitrogens with one attached hydrogen (secondary N) is 1. The summed E-state index contributed by atoms with van der Waals surface area (Å²) in [4.78, 5) is 32.3. The first kappa shape index (κ1) is 24.5. The lowest BCUT2D eigenvalue weighted by Gasteiger charge is -2.33. The quantitative estimate of drug-likeness (QED) is 0.277. The van der Waals surface area contributed by atoms with Gasteiger partial charge in [-0.2, -0.15) is 0 Å². The predicted octanol–water partition coefficient (Wildman–Crippen LogP) is 3.35. The van der Waals surface area contributed by atoms with Crippen LogP contribution in [0.3, 0.4) is 0 Å². The van der Waals surface area contributed by atoms with Crippen LogP contribution in [0.2, 0.25) is 5.02 Å². The smallest absolute Gasteiger partial charge is 0.262 e. The van der Waals surface area contributed by atoms with Crippen LogP contribution in [0.1, 0.15) is 5.56 Å². The van der Waals surface area contributed by atoms with Crippen LogP contribution in [-0.2, 0) is 22.6 Å². The van der Waals surface area contributed by atoms with E-state index in [4.69, 9.17) is 16.3 Å². The summed E-state index contributed by atoms with van der Waals surface area (Å²) in [5.41, 5.74) is 1.59. The van der Waals surface area contributed by atoms with Crippen molar-refractivity contribution in [2.75, 3.05) is 32.0 Å². The van der Waals surface area contributed by atoms with E-state index < -0.39 is 0 Å². The molecular weight excluding hydrogens is 472 g/mol. The third kappa shape index (κ3) is 6.27. The molecule has 1 aliphatic rings. The summed E-state index contributed by atoms with van der Waals surface area (Å²) in [6.07, 6.45) is 1.57. The predicted molar refractivity (Wildman–Crippen MR) is 136 cm³/mol. The van der Waals surface area contributed by atoms with E-state index in [0.29, 0.717) is 40.8 Å². The zero-order valence-corrected chi connectivity index (χ0v) is 20.4. The molecule has 1 amide bonds. The fourth-order valence-electron chi connectivity index (χ4n) is 3.87. The molecule has 1 aromatic heterocycles. The van der Waals surface area contributed by atoms with Crippen LogP contribution in [0.5, 0.6) is 0 Å². The summed E-state index contributed by atoms with van der Waals surface area (Å²) in [6.45, 7) is 7.60. The molecule has 1 fully saturated rings. The highest BCUT2D eigenvalue weighted by Crippen LogP contribution is 2.20. The van der Waals surface area contributed by atoms with Gasteiger partial charge in [0.05, 0.1) is 29.4 Å². The number of thioether (sulfide) groups is 1. The number of aromatic nitrogens is 2. The van der Waals surface area contributed by atoms with E-state index in [1.165, 1.54) is 21.9 Å². The van der Waals surface area contributed by atoms with Crippen molar-refractivity contribution < 1.29 is 9.53 Å². The third-order valence-corrected chi connectivity index (χ3v) is 6.74. The van der Waals surface area contributed by atoms with Crippen LogP contribution in [0.4, 0.5) is 0 Å². The highest BCUT2D eigenvalue weighted by molar-refractivity contribution is 7.99. The number of carbonyl (C=O) groups excluding carboxylic acids is 1. The summed E-state index contributed by atoms with van der Waals surface area (Å²) in [5, 5.41) is 4.39. The maximum absolute atomic E-state index is 12.9. The first-order chi connectivity index (χ1) is 16.5. The molecule has 0 spiro atoms. The molecule has 0 radical (unpaired) electrons. The summed E-state index contributed by atoms with van der Waals surface area (Å²) >= 11 is 7.29. The normalized spacial score (nSPS) is 16.4. The Labute approximate surface area is 207 Å². The Bertz CT molecular complexity index is 1220. The Morgan fingerprint density at radius 3 is 2.91 bits per heavy atom. The zero-order chi connectivity index (χ0) is 23.9. The largest absolute Gasteiger partial charge is 0.374 e. The lowest BCUT2D eigenvalue weighted by molar-refractivity contribution is -0.119. The second-order valence-electron chi connectivity index (χ2n) is 8.07. The number of fused-ring (bicyclic) bond motifs is 1. The van der Waals surface area contributed by atoms with Gasteiger partial charge >= 0.3 is 0 Å². The van der Waals surface area contributed by atoms with Gasteiger partial charge in [-0.15, -0.1) is 6.58 Å². The van der Waals surface area contributed by atoms with E-state index in [-0.39, 0.29) is 23.3 Å². The summed E-state index contributed by atoms with van der Waals surface area (Å²) < 4.78 is 7.36. The number of ether oxygens (including phenoxy) is 1. The molecule has 4 rings (SSSR count). The van der Waals surface area contributed by atoms with Gasteiger partial charge in [0, 0.05) is 37.7 Å². The van der Waals surface area contributed by atoms with Gasteiger partial charge < -0.3 is 10.1 Å². The Hall–Kier alpha value is -2.65. The van der Waals surface area contributed by atoms with Crippen molar-refractivity contribution in [3.8, 4) is 0 Å². The van der Waals surface area contributed by atoms with Crippen molar-refractivity contribution in [1.29, 1.82) is 0 Å². The molecule has 2 aromatic carbocycles. The number of hydrogen-bond donors (Lipinski definition) is 1. The number of hydrogen-bond acceptors (Lipinski definition) is 6. The van der Waals surface area contributed by atoms with Crippen LogP contribution >= 0.6 is 23.4 Å². The average molecular weight is 499 g/mol. The highest BCUT2D eigenvalue weighted by atomic mass is 35.5. The number of nitrogens with zero attached hydrogens (tertiary/aromatic N) is 3. The molecule has 0 aliphatic carbocycles. The second kappa shape index (κ2) is 11.7. The van der Waals surface area contributed by atoms with Gasteiger partial charge in [0.15, 0.2) is 5.16 Å². The van der Waals surface area contributed by atoms with Crippen molar-refractivity contribution in [2.45, 2.75) is 24.3 Å². The molecule has 1 atom stereocenters. The molecule has 1 N–H and O–H groups in total. The monoisotopic (exact) mass is 498 g/mol. The number of amides is 1. The van der Waals surface area contributed by atoms with Crippen molar-refractivity contribution in [2.24, 2.45) is 0 Å². The minimum Gasteiger partial charge on any atom is -0.374 e. The third-order valence-electron chi connectivity index (χ3n) is 5.53. The lowest BCUT2D eigenvalue weighted by Crippen LogP contribution is -2.47. The molecule has 9 heteroatoms. The SMILES string of the molecule is C=CCn1c(SCC(=O)NCC2CN(Cc3ccccc3)CCO2)nc2cc(Cl)ccc2c1=O. The Kier molecular flexibility index (Phi) is 8.39. The number of benzene rings is 2. The molecule has 7 nitrogen and oxygen atoms in total. The van der Waals surface area contributed by atoms with Gasteiger partial charge in [-0.3, -0.25) is 19.1 Å². The van der Waals surface area contributed by atoms with Gasteiger partial charge in [0.25, 0.3) is 5.56 Å². The first-order valence-electron chi connectivity index (χ1n) is 11.1. The molecule has 0 saturated carbocycles. The van der Waals surface area contributed by atoms with Gasteiger partial charge in [0.2, 0.25) is 5.91 Å². The highest BCUT2D eigenvalue weighted by Gasteiger charge is 2.21. The summed E-state index contributed by atoms with van der Waals surface area (Å²) in [5.74, 6) is -0.00444. The van der Waals surface area contributed by atoms with Gasteiger partial charge in [-0.05, 0) is 23.8 Å². The molecule has 0 bridgehead atoms. The minimum atomic E-state index is -0.182. The summed E-state index contributed by atoms with van der Waals surface area (Å²) in [7, 11) is 0. The van der Waals surface area contributed by atoms with Crippen LogP contribution in [0.25, 0.3) is 10.9 Å². The second-order valence-corrected chi connectivity index (χ2v) is 9.45. The van der Waals surface area contributed by atoms with Crippen LogP contribution in [0.15, 0.2) is 71.1 Å². The van der Waals surface area contributed by atoms with E-state index in [1.54, 1.807) is 24.3 Å². The van der Waals surface area contributed by atoms with Crippen LogP contribution in [-0.4, -0.2) is 58.5 Å². The zero-order valence-electron chi connectivity index (χ0n) is 18.8. The maximum Gasteiger partial charge on any atom is 0.262 e. The molecule has 2 heterocycles. The molecule has 1 aliphatic heterocycles. The van der Waals surface area contributed by atoms with Crippen LogP contribution < -0.4 is 10.9 Å². The van der Waals surface area contributed by atoms with E-state index >= 15 is 0 Å². The lowest BCUT2D eigenvalue weighted by atomic mass is 10.2. The number of halogens is 1. The van der Waals surface area contributed by atoms with Gasteiger partial charge in [0.1, 0.15) is 0 Å². The van der Waals surface area contributed by atoms with Crippen molar-refractivity contribution in [1.82, 2.24) is 19.8 Å². The Morgan fingerprint density at radius 2 is 2.12 bits per heavy atom. The fourth-order valence-corrected chi connectivity index (χ4v) is 4.88. The Balaban J connectivity index is 1.33. The van der Waals surface area contributed by atoms with E-state index in [0.717, 1.165) is 19.6 Å². The molecule has 1 saturated heterocycles. The topological polar surface area (TPSA) is 76.5 Å². The number of morpholine rings is 1. The standard InChI is InChI=1S/C25H27ClN4O3S/c1-2-10-30-24(32)21-9-8-19(26)13-22(21)28-25(30)34-17-23(31)27-14-20-16-29(11-12-33-20)15-18-6-4-3-5-7-18/h2-9,13,20H,1,10-12,14-17H2,(H,27,31). The molecular formula is C25H27ClN4O3S. The fraction of sp³-hybridized carbons (Fsp3) is 0.320. The molecule has 34 heavy (non-hydrogen) atoms. The van der Waals surface area contributed by atoms with E-state index in [2.05, 4.69) is 33.9 Å². The van der Waals surface area contributed by atoms with Crippen molar-refractivity contribution in [3.63, 3.8) is 0 Å². The Morgan fingerprint density at radius 1 is 1.29 bits per heavy atom. The van der Waals surface area contributed by atoms with Crippen molar-refractivity contribution in [3.05, 3.63) is 82.1 Å². The van der Waals surface area contributed by atoms with E-state index in [9.17, 15) is 9.59 Å². The molecule has 1 unspecified atom stereocenters. The minimum absolute atomic E-state index is 0.0636. The van der Waals surface area contributed by atoms with Gasteiger partial charge in [-0.25, -0.2) is 4.98 Å². The van der Waals surface area contributed by atoms with Gasteiger partial charge in [-0.1, -0.05) is 59.8 Å². The van der Waals surface area contributed by atoms with E-state index in [1.807, 2.05) is 18.2 Å². The van der Waals surface area contributed by atoms with Crippen LogP contribution in [0, 0.1) is 0 Å². The maximum atomic E-state index is 12.9. The first-order valence-corrected chi connectivity index (χ1v) is 12.5. The average Bonchev–Trinajstić information content (AvgIpc) is 2.84. The number of allylic oxidation sites excluding steroid dienone is 1.